The zero-order valence-electron chi connectivity index (χ0n) is 24.5. The average molecular weight is 566 g/mol. The number of methoxy groups -OCH3 is 1. The molecule has 1 aromatic carbocycles. The molecule has 0 aromatic heterocycles. The molecule has 4 N–H and O–H groups in total. The van der Waals surface area contributed by atoms with Crippen LogP contribution in [0.5, 0.6) is 11.5 Å². The minimum Gasteiger partial charge on any atom is -0.504 e. The Hall–Kier alpha value is -2.40. The summed E-state index contributed by atoms with van der Waals surface area (Å²) in [5.41, 5.74) is 1.97. The molecule has 0 amide bonds. The van der Waals surface area contributed by atoms with Crippen molar-refractivity contribution in [1.82, 2.24) is 5.32 Å². The van der Waals surface area contributed by atoms with E-state index < -0.39 is 12.0 Å². The molecule has 1 heterocycles. The maximum Gasteiger partial charge on any atom is 0.160 e. The highest BCUT2D eigenvalue weighted by Crippen LogP contribution is 2.52. The molecule has 1 aliphatic heterocycles. The fourth-order valence-electron chi connectivity index (χ4n) is 8.32. The van der Waals surface area contributed by atoms with Gasteiger partial charge in [0.15, 0.2) is 17.3 Å². The molecular weight excluding hydrogens is 518 g/mol. The van der Waals surface area contributed by atoms with Gasteiger partial charge in [0.05, 0.1) is 13.2 Å². The van der Waals surface area contributed by atoms with Crippen LogP contribution in [0.1, 0.15) is 101 Å². The first-order chi connectivity index (χ1) is 19.8. The Morgan fingerprint density at radius 2 is 1.95 bits per heavy atom. The SMILES string of the molecule is COc1cc2c(cc1O)[C@H](CCO)C#C[C@H]([C@H](O)CCCC1([C@@H]3CN[C@@H]4CC(=O)CC[C@@H]4C3)CCCC1)C(=O)CC2. The average Bonchev–Trinajstić information content (AvgIpc) is 3.46. The Morgan fingerprint density at radius 3 is 2.71 bits per heavy atom. The van der Waals surface area contributed by atoms with E-state index in [1.807, 2.05) is 0 Å². The highest BCUT2D eigenvalue weighted by Gasteiger charge is 2.45. The fraction of sp³-hybridized carbons (Fsp3) is 0.706. The van der Waals surface area contributed by atoms with E-state index in [1.165, 1.54) is 39.2 Å². The number of ketones is 2. The number of aryl methyl sites for hydroxylation is 1. The van der Waals surface area contributed by atoms with Gasteiger partial charge in [-0.25, -0.2) is 0 Å². The lowest BCUT2D eigenvalue weighted by atomic mass is 9.63. The van der Waals surface area contributed by atoms with Gasteiger partial charge in [-0.3, -0.25) is 9.59 Å². The largest absolute Gasteiger partial charge is 0.504 e. The van der Waals surface area contributed by atoms with Crippen molar-refractivity contribution in [1.29, 1.82) is 0 Å². The van der Waals surface area contributed by atoms with Crippen molar-refractivity contribution in [3.63, 3.8) is 0 Å². The van der Waals surface area contributed by atoms with E-state index in [2.05, 4.69) is 17.2 Å². The van der Waals surface area contributed by atoms with Crippen LogP contribution >= 0.6 is 0 Å². The third-order valence-corrected chi connectivity index (χ3v) is 10.7. The molecule has 0 radical (unpaired) electrons. The molecule has 4 aliphatic rings. The van der Waals surface area contributed by atoms with Crippen LogP contribution in [0.25, 0.3) is 0 Å². The quantitative estimate of drug-likeness (QED) is 0.327. The third-order valence-electron chi connectivity index (χ3n) is 10.7. The summed E-state index contributed by atoms with van der Waals surface area (Å²) in [4.78, 5) is 25.3. The van der Waals surface area contributed by atoms with E-state index in [0.29, 0.717) is 55.1 Å². The molecule has 5 rings (SSSR count). The molecule has 0 unspecified atom stereocenters. The van der Waals surface area contributed by atoms with Gasteiger partial charge in [-0.1, -0.05) is 31.1 Å². The minimum atomic E-state index is -0.828. The summed E-state index contributed by atoms with van der Waals surface area (Å²) in [5.74, 6) is 7.11. The minimum absolute atomic E-state index is 0.0136. The van der Waals surface area contributed by atoms with Gasteiger partial charge in [-0.15, -0.1) is 0 Å². The van der Waals surface area contributed by atoms with E-state index in [-0.39, 0.29) is 35.9 Å². The van der Waals surface area contributed by atoms with E-state index in [1.54, 1.807) is 12.1 Å². The number of carbonyl (C=O) groups is 2. The van der Waals surface area contributed by atoms with Gasteiger partial charge in [-0.2, -0.15) is 0 Å². The number of piperidine rings is 1. The number of rotatable bonds is 9. The normalized spacial score (nSPS) is 30.2. The van der Waals surface area contributed by atoms with Crippen molar-refractivity contribution in [3.05, 3.63) is 23.3 Å². The number of aromatic hydroxyl groups is 1. The molecule has 7 heteroatoms. The predicted octanol–water partition coefficient (Wildman–Crippen LogP) is 4.44. The fourth-order valence-corrected chi connectivity index (χ4v) is 8.32. The zero-order valence-corrected chi connectivity index (χ0v) is 24.5. The first kappa shape index (κ1) is 30.1. The summed E-state index contributed by atoms with van der Waals surface area (Å²) >= 11 is 0. The number of hydrogen-bond acceptors (Lipinski definition) is 7. The van der Waals surface area contributed by atoms with E-state index >= 15 is 0 Å². The number of phenolic OH excluding ortho intramolecular Hbond substituents is 1. The highest BCUT2D eigenvalue weighted by molar-refractivity contribution is 5.85. The number of phenols is 1. The molecule has 1 aromatic rings. The first-order valence-corrected chi connectivity index (χ1v) is 15.8. The summed E-state index contributed by atoms with van der Waals surface area (Å²) in [6.45, 7) is 0.916. The second kappa shape index (κ2) is 13.3. The number of fused-ring (bicyclic) bond motifs is 2. The maximum absolute atomic E-state index is 13.3. The van der Waals surface area contributed by atoms with Gasteiger partial charge >= 0.3 is 0 Å². The molecule has 224 valence electrons. The van der Waals surface area contributed by atoms with E-state index in [9.17, 15) is 24.9 Å². The summed E-state index contributed by atoms with van der Waals surface area (Å²) < 4.78 is 5.29. The molecule has 7 nitrogen and oxygen atoms in total. The van der Waals surface area contributed by atoms with Crippen molar-refractivity contribution in [2.24, 2.45) is 23.2 Å². The number of nitrogens with one attached hydrogen (secondary N) is 1. The first-order valence-electron chi connectivity index (χ1n) is 15.8. The van der Waals surface area contributed by atoms with Crippen molar-refractivity contribution < 1.29 is 29.6 Å². The molecule has 2 saturated carbocycles. The van der Waals surface area contributed by atoms with E-state index in [4.69, 9.17) is 4.74 Å². The molecule has 1 saturated heterocycles. The van der Waals surface area contributed by atoms with Crippen molar-refractivity contribution in [2.45, 2.75) is 108 Å². The summed E-state index contributed by atoms with van der Waals surface area (Å²) in [6.07, 6.45) is 11.3. The number of Topliss-reactive ketones (excluding diaryl/α,β-unsaturated/α-hetero) is 2. The van der Waals surface area contributed by atoms with Crippen molar-refractivity contribution in [2.75, 3.05) is 20.3 Å². The van der Waals surface area contributed by atoms with Crippen LogP contribution in [0.4, 0.5) is 0 Å². The number of hydrogen-bond donors (Lipinski definition) is 4. The Balaban J connectivity index is 1.25. The topological polar surface area (TPSA) is 116 Å². The number of aliphatic hydroxyl groups excluding tert-OH is 2. The Bertz CT molecular complexity index is 1160. The zero-order chi connectivity index (χ0) is 29.0. The Morgan fingerprint density at radius 1 is 1.15 bits per heavy atom. The molecule has 3 aliphatic carbocycles. The van der Waals surface area contributed by atoms with Gasteiger partial charge in [-0.05, 0) is 98.4 Å². The number of benzene rings is 1. The summed E-state index contributed by atoms with van der Waals surface area (Å²) in [7, 11) is 1.49. The number of aliphatic hydroxyl groups is 2. The lowest BCUT2D eigenvalue weighted by molar-refractivity contribution is -0.124. The van der Waals surface area contributed by atoms with Crippen LogP contribution in [-0.4, -0.2) is 59.3 Å². The van der Waals surface area contributed by atoms with Gasteiger partial charge in [0.2, 0.25) is 0 Å². The number of ether oxygens (including phenoxy) is 1. The number of carbonyl (C=O) groups excluding carboxylic acids is 2. The second-order valence-corrected chi connectivity index (χ2v) is 13.0. The third kappa shape index (κ3) is 6.66. The van der Waals surface area contributed by atoms with Crippen LogP contribution in [0.3, 0.4) is 0 Å². The van der Waals surface area contributed by atoms with Gasteiger partial charge in [0.25, 0.3) is 0 Å². The van der Waals surface area contributed by atoms with Crippen LogP contribution in [0, 0.1) is 35.0 Å². The highest BCUT2D eigenvalue weighted by atomic mass is 16.5. The van der Waals surface area contributed by atoms with Gasteiger partial charge in [0, 0.05) is 37.8 Å². The smallest absolute Gasteiger partial charge is 0.160 e. The van der Waals surface area contributed by atoms with Crippen LogP contribution in [0.15, 0.2) is 12.1 Å². The van der Waals surface area contributed by atoms with Gasteiger partial charge < -0.3 is 25.4 Å². The maximum atomic E-state index is 13.3. The molecule has 6 atom stereocenters. The predicted molar refractivity (Wildman–Crippen MR) is 157 cm³/mol. The molecule has 0 bridgehead atoms. The molecule has 3 fully saturated rings. The Kier molecular flexibility index (Phi) is 9.74. The molecule has 41 heavy (non-hydrogen) atoms. The van der Waals surface area contributed by atoms with Crippen molar-refractivity contribution in [3.8, 4) is 23.3 Å². The van der Waals surface area contributed by atoms with Crippen molar-refractivity contribution >= 4 is 11.6 Å². The Labute approximate surface area is 244 Å². The van der Waals surface area contributed by atoms with Gasteiger partial charge in [0.1, 0.15) is 11.7 Å². The monoisotopic (exact) mass is 565 g/mol. The standard InChI is InChI=1S/C34H47NO6/c1-41-33-18-23-8-11-31(39)27(10-7-22(12-16-36)28(23)20-32(33)40)30(38)5-4-15-34(13-2-3-14-34)25-17-24-6-9-26(37)19-29(24)35-21-25/h18,20,22,24-25,27,29-30,35-36,38,40H,2-6,8-9,11-17,19,21H2,1H3/t22-,24+,25-,27+,29+,30+/m0/s1. The molecule has 0 spiro atoms. The van der Waals surface area contributed by atoms with E-state index in [0.717, 1.165) is 43.4 Å². The lowest BCUT2D eigenvalue weighted by Crippen LogP contribution is -2.52. The lowest BCUT2D eigenvalue weighted by Gasteiger charge is -2.47. The molecular formula is C34H47NO6. The van der Waals surface area contributed by atoms with Crippen LogP contribution in [-0.2, 0) is 16.0 Å². The summed E-state index contributed by atoms with van der Waals surface area (Å²) in [6, 6.07) is 3.75. The van der Waals surface area contributed by atoms with Crippen LogP contribution in [0.2, 0.25) is 0 Å². The summed E-state index contributed by atoms with van der Waals surface area (Å²) in [5, 5.41) is 35.1. The second-order valence-electron chi connectivity index (χ2n) is 13.0. The van der Waals surface area contributed by atoms with Crippen LogP contribution < -0.4 is 10.1 Å².